The van der Waals surface area contributed by atoms with E-state index in [0.29, 0.717) is 5.56 Å². The highest BCUT2D eigenvalue weighted by Crippen LogP contribution is 2.49. The molecule has 0 radical (unpaired) electrons. The summed E-state index contributed by atoms with van der Waals surface area (Å²) in [4.78, 5) is 6.25. The highest BCUT2D eigenvalue weighted by Gasteiger charge is 2.20. The van der Waals surface area contributed by atoms with Gasteiger partial charge in [0.05, 0.1) is 16.5 Å². The Bertz CT molecular complexity index is 1440. The number of nitriles is 1. The van der Waals surface area contributed by atoms with Crippen molar-refractivity contribution in [3.63, 3.8) is 0 Å². The Balaban J connectivity index is 1.65. The van der Waals surface area contributed by atoms with Gasteiger partial charge in [-0.2, -0.15) is 5.26 Å². The summed E-state index contributed by atoms with van der Waals surface area (Å²) in [5.41, 5.74) is 6.70. The molecule has 3 heterocycles. The molecule has 0 aliphatic carbocycles. The monoisotopic (exact) mass is 469 g/mol. The van der Waals surface area contributed by atoms with Crippen LogP contribution < -0.4 is 0 Å². The van der Waals surface area contributed by atoms with Crippen LogP contribution in [0.5, 0.6) is 5.75 Å². The first-order valence-corrected chi connectivity index (χ1v) is 12.6. The molecule has 32 heavy (non-hydrogen) atoms. The van der Waals surface area contributed by atoms with Gasteiger partial charge >= 0.3 is 0 Å². The van der Waals surface area contributed by atoms with Crippen LogP contribution in [-0.4, -0.2) is 5.11 Å². The molecule has 0 unspecified atom stereocenters. The third-order valence-electron chi connectivity index (χ3n) is 5.46. The molecule has 1 N–H and O–H groups in total. The van der Waals surface area contributed by atoms with Crippen LogP contribution >= 0.6 is 34.0 Å². The quantitative estimate of drug-likeness (QED) is 0.286. The third-order valence-corrected chi connectivity index (χ3v) is 8.92. The van der Waals surface area contributed by atoms with Crippen molar-refractivity contribution in [3.8, 4) is 53.6 Å². The number of hydrogen-bond acceptors (Lipinski definition) is 5. The molecule has 2 nitrogen and oxygen atoms in total. The number of phenols is 1. The molecular weight excluding hydrogens is 451 g/mol. The van der Waals surface area contributed by atoms with E-state index < -0.39 is 0 Å². The SMILES string of the molecule is Cc1ccsc1-c1sc(-c2ccc(O)cc2)cc1-c1cc(-c2ccc(C#N)cc2)sc1C. The fraction of sp³-hybridized carbons (Fsp3) is 0.0741. The van der Waals surface area contributed by atoms with Crippen molar-refractivity contribution >= 4 is 34.0 Å². The van der Waals surface area contributed by atoms with Crippen molar-refractivity contribution in [3.05, 3.63) is 88.1 Å². The van der Waals surface area contributed by atoms with Crippen molar-refractivity contribution in [2.75, 3.05) is 0 Å². The van der Waals surface area contributed by atoms with Crippen LogP contribution in [0.4, 0.5) is 0 Å². The van der Waals surface area contributed by atoms with E-state index in [2.05, 4.69) is 43.5 Å². The molecule has 5 aromatic rings. The van der Waals surface area contributed by atoms with Gasteiger partial charge in [0, 0.05) is 25.1 Å². The van der Waals surface area contributed by atoms with Crippen LogP contribution in [0.25, 0.3) is 41.8 Å². The first-order chi connectivity index (χ1) is 15.5. The van der Waals surface area contributed by atoms with Crippen molar-refractivity contribution in [1.29, 1.82) is 5.26 Å². The molecule has 0 saturated carbocycles. The third kappa shape index (κ3) is 3.78. The molecule has 2 aromatic carbocycles. The van der Waals surface area contributed by atoms with Crippen LogP contribution in [-0.2, 0) is 0 Å². The summed E-state index contributed by atoms with van der Waals surface area (Å²) in [5, 5.41) is 20.9. The number of nitrogens with zero attached hydrogens (tertiary/aromatic N) is 1. The first-order valence-electron chi connectivity index (χ1n) is 10.1. The zero-order chi connectivity index (χ0) is 22.2. The van der Waals surface area contributed by atoms with Gasteiger partial charge in [0.1, 0.15) is 5.75 Å². The Morgan fingerprint density at radius 1 is 0.750 bits per heavy atom. The first kappa shape index (κ1) is 20.7. The Kier molecular flexibility index (Phi) is 5.44. The van der Waals surface area contributed by atoms with Crippen molar-refractivity contribution in [2.24, 2.45) is 0 Å². The molecule has 156 valence electrons. The summed E-state index contributed by atoms with van der Waals surface area (Å²) in [6.45, 7) is 4.34. The summed E-state index contributed by atoms with van der Waals surface area (Å²) in [6.07, 6.45) is 0. The average Bonchev–Trinajstić information content (AvgIpc) is 3.52. The van der Waals surface area contributed by atoms with Gasteiger partial charge in [-0.3, -0.25) is 0 Å². The maximum atomic E-state index is 9.70. The molecule has 5 heteroatoms. The van der Waals surface area contributed by atoms with E-state index in [-0.39, 0.29) is 5.75 Å². The zero-order valence-electron chi connectivity index (χ0n) is 17.5. The normalized spacial score (nSPS) is 10.9. The second kappa shape index (κ2) is 8.40. The molecule has 0 atom stereocenters. The molecule has 0 aliphatic heterocycles. The van der Waals surface area contributed by atoms with Gasteiger partial charge in [-0.1, -0.05) is 12.1 Å². The number of rotatable bonds is 4. The lowest BCUT2D eigenvalue weighted by atomic mass is 10.0. The van der Waals surface area contributed by atoms with Gasteiger partial charge < -0.3 is 5.11 Å². The van der Waals surface area contributed by atoms with E-state index in [4.69, 9.17) is 5.26 Å². The fourth-order valence-electron chi connectivity index (χ4n) is 3.73. The Hall–Kier alpha value is -3.17. The van der Waals surface area contributed by atoms with E-state index in [1.54, 1.807) is 46.1 Å². The Labute approximate surface area is 199 Å². The van der Waals surface area contributed by atoms with E-state index in [0.717, 1.165) is 11.1 Å². The van der Waals surface area contributed by atoms with Gasteiger partial charge in [0.2, 0.25) is 0 Å². The highest BCUT2D eigenvalue weighted by atomic mass is 32.1. The molecule has 3 aromatic heterocycles. The maximum Gasteiger partial charge on any atom is 0.115 e. The van der Waals surface area contributed by atoms with E-state index in [1.807, 2.05) is 36.4 Å². The summed E-state index contributed by atoms with van der Waals surface area (Å²) in [6, 6.07) is 24.1. The minimum absolute atomic E-state index is 0.278. The zero-order valence-corrected chi connectivity index (χ0v) is 20.0. The number of hydrogen-bond donors (Lipinski definition) is 1. The lowest BCUT2D eigenvalue weighted by Crippen LogP contribution is -1.78. The molecule has 0 fully saturated rings. The summed E-state index contributed by atoms with van der Waals surface area (Å²) < 4.78 is 0. The standard InChI is InChI=1S/C27H19NOS3/c1-16-11-12-30-26(16)27-23(14-25(32-27)20-7-9-21(29)10-8-20)22-13-24(31-17(22)2)19-5-3-18(15-28)4-6-19/h3-14,29H,1-2H3. The smallest absolute Gasteiger partial charge is 0.115 e. The van der Waals surface area contributed by atoms with E-state index in [9.17, 15) is 5.11 Å². The average molecular weight is 470 g/mol. The molecule has 5 rings (SSSR count). The predicted octanol–water partition coefficient (Wildman–Crippen LogP) is 8.73. The van der Waals surface area contributed by atoms with Crippen LogP contribution in [0, 0.1) is 25.2 Å². The van der Waals surface area contributed by atoms with Crippen LogP contribution in [0.2, 0.25) is 0 Å². The van der Waals surface area contributed by atoms with Gasteiger partial charge in [-0.25, -0.2) is 0 Å². The van der Waals surface area contributed by atoms with Crippen LogP contribution in [0.1, 0.15) is 16.0 Å². The molecule has 0 amide bonds. The maximum absolute atomic E-state index is 9.70. The van der Waals surface area contributed by atoms with E-state index >= 15 is 0 Å². The number of benzene rings is 2. The summed E-state index contributed by atoms with van der Waals surface area (Å²) in [7, 11) is 0. The number of aryl methyl sites for hydroxylation is 2. The van der Waals surface area contributed by atoms with Crippen molar-refractivity contribution in [2.45, 2.75) is 13.8 Å². The topological polar surface area (TPSA) is 44.0 Å². The number of thiophene rings is 3. The van der Waals surface area contributed by atoms with Crippen molar-refractivity contribution < 1.29 is 5.11 Å². The molecular formula is C27H19NOS3. The number of phenolic OH excluding ortho intramolecular Hbond substituents is 1. The highest BCUT2D eigenvalue weighted by molar-refractivity contribution is 7.24. The van der Waals surface area contributed by atoms with Gasteiger partial charge in [-0.15, -0.1) is 34.0 Å². The lowest BCUT2D eigenvalue weighted by molar-refractivity contribution is 0.475. The Morgan fingerprint density at radius 2 is 1.38 bits per heavy atom. The molecule has 0 aliphatic rings. The largest absolute Gasteiger partial charge is 0.508 e. The second-order valence-electron chi connectivity index (χ2n) is 7.60. The fourth-order valence-corrected chi connectivity index (χ4v) is 7.10. The molecule has 0 saturated heterocycles. The molecule has 0 spiro atoms. The minimum atomic E-state index is 0.278. The summed E-state index contributed by atoms with van der Waals surface area (Å²) >= 11 is 5.37. The van der Waals surface area contributed by atoms with Crippen LogP contribution in [0.3, 0.4) is 0 Å². The molecule has 0 bridgehead atoms. The Morgan fingerprint density at radius 3 is 2.00 bits per heavy atom. The van der Waals surface area contributed by atoms with Crippen molar-refractivity contribution in [1.82, 2.24) is 0 Å². The van der Waals surface area contributed by atoms with Gasteiger partial charge in [0.25, 0.3) is 0 Å². The van der Waals surface area contributed by atoms with Gasteiger partial charge in [-0.05, 0) is 96.1 Å². The van der Waals surface area contributed by atoms with E-state index in [1.165, 1.54) is 41.1 Å². The predicted molar refractivity (Wildman–Crippen MR) is 138 cm³/mol. The number of aromatic hydroxyl groups is 1. The lowest BCUT2D eigenvalue weighted by Gasteiger charge is -2.03. The minimum Gasteiger partial charge on any atom is -0.508 e. The van der Waals surface area contributed by atoms with Crippen LogP contribution in [0.15, 0.2) is 72.1 Å². The second-order valence-corrected chi connectivity index (χ2v) is 10.8. The summed E-state index contributed by atoms with van der Waals surface area (Å²) in [5.74, 6) is 0.278. The van der Waals surface area contributed by atoms with Gasteiger partial charge in [0.15, 0.2) is 0 Å².